The number of ketones is 1. The summed E-state index contributed by atoms with van der Waals surface area (Å²) in [5.74, 6) is -0.949. The molecule has 2 heterocycles. The van der Waals surface area contributed by atoms with Crippen molar-refractivity contribution in [2.45, 2.75) is 32.8 Å². The Balaban J connectivity index is 1.42. The highest BCUT2D eigenvalue weighted by Crippen LogP contribution is 2.44. The number of alkyl halides is 1. The number of likely N-dealkylation sites (tertiary alicyclic amines) is 1. The fraction of sp³-hybridized carbons (Fsp3) is 0.300. The molecule has 1 unspecified atom stereocenters. The molecule has 0 saturated carbocycles. The highest BCUT2D eigenvalue weighted by atomic mass is 32.1. The van der Waals surface area contributed by atoms with Crippen LogP contribution in [0, 0.1) is 25.5 Å². The first-order chi connectivity index (χ1) is 18.7. The molecular formula is C30H28F3NO4S. The molecule has 5 rings (SSSR count). The van der Waals surface area contributed by atoms with Gasteiger partial charge < -0.3 is 14.6 Å². The quantitative estimate of drug-likeness (QED) is 0.219. The highest BCUT2D eigenvalue weighted by molar-refractivity contribution is 7.21. The van der Waals surface area contributed by atoms with Gasteiger partial charge >= 0.3 is 0 Å². The molecule has 0 aliphatic carbocycles. The van der Waals surface area contributed by atoms with E-state index in [0.717, 1.165) is 36.9 Å². The maximum Gasteiger partial charge on any atom is 0.207 e. The smallest absolute Gasteiger partial charge is 0.207 e. The number of rotatable bonds is 9. The second-order valence-corrected chi connectivity index (χ2v) is 10.8. The molecule has 0 amide bonds. The Morgan fingerprint density at radius 1 is 1.08 bits per heavy atom. The summed E-state index contributed by atoms with van der Waals surface area (Å²) in [5, 5.41) is 10.3. The second kappa shape index (κ2) is 11.3. The number of nitrogens with zero attached hydrogens (tertiary/aromatic N) is 1. The molecule has 0 bridgehead atoms. The van der Waals surface area contributed by atoms with Crippen molar-refractivity contribution in [3.8, 4) is 23.0 Å². The van der Waals surface area contributed by atoms with Crippen LogP contribution in [-0.4, -0.2) is 48.2 Å². The predicted molar refractivity (Wildman–Crippen MR) is 145 cm³/mol. The summed E-state index contributed by atoms with van der Waals surface area (Å²) in [5.41, 5.74) is 1.30. The minimum absolute atomic E-state index is 0.0132. The van der Waals surface area contributed by atoms with E-state index in [1.54, 1.807) is 38.1 Å². The minimum atomic E-state index is -0.834. The molecule has 1 N–H and O–H groups in total. The van der Waals surface area contributed by atoms with Crippen LogP contribution in [0.4, 0.5) is 13.2 Å². The number of phenolic OH excluding ortho intramolecular Hbond substituents is 1. The number of thiophene rings is 1. The van der Waals surface area contributed by atoms with Crippen molar-refractivity contribution in [3.63, 3.8) is 0 Å². The number of fused-ring (bicyclic) bond motifs is 1. The number of halogens is 3. The van der Waals surface area contributed by atoms with E-state index >= 15 is 0 Å². The Morgan fingerprint density at radius 3 is 2.46 bits per heavy atom. The van der Waals surface area contributed by atoms with E-state index in [4.69, 9.17) is 9.47 Å². The number of benzene rings is 3. The summed E-state index contributed by atoms with van der Waals surface area (Å²) in [4.78, 5) is 16.1. The summed E-state index contributed by atoms with van der Waals surface area (Å²) in [6.07, 6.45) is 1.39. The lowest BCUT2D eigenvalue weighted by atomic mass is 9.97. The van der Waals surface area contributed by atoms with Gasteiger partial charge in [0.15, 0.2) is 17.3 Å². The maximum atomic E-state index is 14.4. The minimum Gasteiger partial charge on any atom is -0.505 e. The molecule has 0 radical (unpaired) electrons. The number of phenols is 1. The molecule has 1 aliphatic heterocycles. The summed E-state index contributed by atoms with van der Waals surface area (Å²) >= 11 is 1.07. The maximum absolute atomic E-state index is 14.4. The van der Waals surface area contributed by atoms with E-state index in [9.17, 15) is 23.1 Å². The molecule has 4 aromatic rings. The van der Waals surface area contributed by atoms with Crippen molar-refractivity contribution in [3.05, 3.63) is 81.7 Å². The van der Waals surface area contributed by atoms with Gasteiger partial charge in [-0.2, -0.15) is 0 Å². The van der Waals surface area contributed by atoms with Crippen LogP contribution < -0.4 is 9.47 Å². The van der Waals surface area contributed by atoms with Gasteiger partial charge in [-0.15, -0.1) is 11.3 Å². The first-order valence-electron chi connectivity index (χ1n) is 12.7. The van der Waals surface area contributed by atoms with Gasteiger partial charge in [0.2, 0.25) is 5.78 Å². The SMILES string of the molecule is Cc1cc(F)cc(C)c1C(=O)c1sc2cc(O)c(F)cc2c1Oc1ccc(OC2CCN(CCCF)C2)cc1. The van der Waals surface area contributed by atoms with Crippen LogP contribution in [0.2, 0.25) is 0 Å². The van der Waals surface area contributed by atoms with E-state index in [0.29, 0.717) is 51.2 Å². The van der Waals surface area contributed by atoms with E-state index in [2.05, 4.69) is 4.90 Å². The molecule has 1 aliphatic rings. The molecular weight excluding hydrogens is 527 g/mol. The van der Waals surface area contributed by atoms with Crippen molar-refractivity contribution in [1.29, 1.82) is 0 Å². The van der Waals surface area contributed by atoms with E-state index in [-0.39, 0.29) is 29.2 Å². The average molecular weight is 556 g/mol. The molecule has 0 spiro atoms. The van der Waals surface area contributed by atoms with Gasteiger partial charge in [0, 0.05) is 41.4 Å². The third-order valence-corrected chi connectivity index (χ3v) is 7.96. The van der Waals surface area contributed by atoms with Crippen LogP contribution in [0.1, 0.15) is 39.2 Å². The van der Waals surface area contributed by atoms with Crippen LogP contribution in [0.5, 0.6) is 23.0 Å². The predicted octanol–water partition coefficient (Wildman–Crippen LogP) is 7.34. The van der Waals surface area contributed by atoms with Crippen LogP contribution in [0.25, 0.3) is 10.1 Å². The van der Waals surface area contributed by atoms with Crippen LogP contribution in [0.15, 0.2) is 48.5 Å². The van der Waals surface area contributed by atoms with Crippen LogP contribution >= 0.6 is 11.3 Å². The summed E-state index contributed by atoms with van der Waals surface area (Å²) < 4.78 is 53.4. The zero-order chi connectivity index (χ0) is 27.7. The lowest BCUT2D eigenvalue weighted by Crippen LogP contribution is -2.26. The highest BCUT2D eigenvalue weighted by Gasteiger charge is 2.26. The normalized spacial score (nSPS) is 15.7. The van der Waals surface area contributed by atoms with Crippen LogP contribution in [0.3, 0.4) is 0 Å². The number of aryl methyl sites for hydroxylation is 2. The van der Waals surface area contributed by atoms with E-state index in [1.165, 1.54) is 18.2 Å². The van der Waals surface area contributed by atoms with E-state index in [1.807, 2.05) is 0 Å². The number of hydrogen-bond acceptors (Lipinski definition) is 6. The van der Waals surface area contributed by atoms with Crippen molar-refractivity contribution in [1.82, 2.24) is 4.90 Å². The first kappa shape index (κ1) is 27.0. The van der Waals surface area contributed by atoms with Gasteiger partial charge in [0.25, 0.3) is 0 Å². The number of hydrogen-bond donors (Lipinski definition) is 1. The monoisotopic (exact) mass is 555 g/mol. The van der Waals surface area contributed by atoms with Crippen molar-refractivity contribution in [2.24, 2.45) is 0 Å². The Labute approximate surface area is 228 Å². The fourth-order valence-electron chi connectivity index (χ4n) is 4.99. The van der Waals surface area contributed by atoms with Gasteiger partial charge in [-0.3, -0.25) is 14.1 Å². The Bertz CT molecular complexity index is 1500. The molecule has 204 valence electrons. The zero-order valence-corrected chi connectivity index (χ0v) is 22.4. The second-order valence-electron chi connectivity index (χ2n) is 9.75. The van der Waals surface area contributed by atoms with Crippen molar-refractivity contribution in [2.75, 3.05) is 26.3 Å². The molecule has 5 nitrogen and oxygen atoms in total. The van der Waals surface area contributed by atoms with Gasteiger partial charge in [0.1, 0.15) is 28.3 Å². The van der Waals surface area contributed by atoms with Crippen molar-refractivity contribution >= 4 is 27.2 Å². The number of ether oxygens (including phenoxy) is 2. The van der Waals surface area contributed by atoms with Gasteiger partial charge in [-0.1, -0.05) is 0 Å². The number of aromatic hydroxyl groups is 1. The average Bonchev–Trinajstić information content (AvgIpc) is 3.48. The lowest BCUT2D eigenvalue weighted by molar-refractivity contribution is 0.103. The van der Waals surface area contributed by atoms with Gasteiger partial charge in [-0.25, -0.2) is 8.78 Å². The van der Waals surface area contributed by atoms with Crippen LogP contribution in [-0.2, 0) is 0 Å². The van der Waals surface area contributed by atoms with Gasteiger partial charge in [-0.05, 0) is 80.3 Å². The summed E-state index contributed by atoms with van der Waals surface area (Å²) in [6, 6.07) is 11.9. The van der Waals surface area contributed by atoms with E-state index < -0.39 is 17.4 Å². The molecule has 1 saturated heterocycles. The largest absolute Gasteiger partial charge is 0.505 e. The fourth-order valence-corrected chi connectivity index (χ4v) is 6.08. The standard InChI is InChI=1S/C30H28F3NO4S/c1-17-12-19(32)13-18(2)27(17)28(36)30-29(23-14-24(33)25(35)15-26(23)39-30)38-21-6-4-20(5-7-21)37-22-8-11-34(16-22)10-3-9-31/h4-7,12-15,22,35H,3,8-11,16H2,1-2H3. The molecule has 1 aromatic heterocycles. The summed E-state index contributed by atoms with van der Waals surface area (Å²) in [6.45, 7) is 5.32. The molecule has 1 atom stereocenters. The first-order valence-corrected chi connectivity index (χ1v) is 13.5. The van der Waals surface area contributed by atoms with Crippen molar-refractivity contribution < 1.29 is 32.5 Å². The molecule has 1 fully saturated rings. The molecule has 39 heavy (non-hydrogen) atoms. The third kappa shape index (κ3) is 5.74. The molecule has 9 heteroatoms. The Hall–Kier alpha value is -3.56. The third-order valence-electron chi connectivity index (χ3n) is 6.83. The van der Waals surface area contributed by atoms with Gasteiger partial charge in [0.05, 0.1) is 6.67 Å². The lowest BCUT2D eigenvalue weighted by Gasteiger charge is -2.16. The summed E-state index contributed by atoms with van der Waals surface area (Å²) in [7, 11) is 0. The molecule has 3 aromatic carbocycles. The Kier molecular flexibility index (Phi) is 7.81. The topological polar surface area (TPSA) is 59.0 Å². The Morgan fingerprint density at radius 2 is 1.77 bits per heavy atom. The number of carbonyl (C=O) groups excluding carboxylic acids is 1. The number of carbonyl (C=O) groups is 1. The zero-order valence-electron chi connectivity index (χ0n) is 21.6.